The van der Waals surface area contributed by atoms with Crippen molar-refractivity contribution in [3.8, 4) is 22.5 Å². The predicted molar refractivity (Wildman–Crippen MR) is 150 cm³/mol. The molecule has 0 unspecified atom stereocenters. The molecule has 1 aromatic heterocycles. The van der Waals surface area contributed by atoms with Crippen molar-refractivity contribution in [1.29, 1.82) is 0 Å². The lowest BCUT2D eigenvalue weighted by Gasteiger charge is -2.25. The van der Waals surface area contributed by atoms with Gasteiger partial charge in [-0.1, -0.05) is 60.8 Å². The van der Waals surface area contributed by atoms with Crippen molar-refractivity contribution in [3.63, 3.8) is 0 Å². The Morgan fingerprint density at radius 1 is 1.00 bits per heavy atom. The van der Waals surface area contributed by atoms with Crippen molar-refractivity contribution >= 4 is 5.91 Å². The fraction of sp³-hybridized carbons (Fsp3) is 0.484. The van der Waals surface area contributed by atoms with Gasteiger partial charge in [0.05, 0.1) is 16.8 Å². The molecule has 7 heteroatoms. The summed E-state index contributed by atoms with van der Waals surface area (Å²) in [5.74, 6) is 0.0808. The Morgan fingerprint density at radius 3 is 2.29 bits per heavy atom. The van der Waals surface area contributed by atoms with Gasteiger partial charge in [-0.3, -0.25) is 4.79 Å². The second-order valence-corrected chi connectivity index (χ2v) is 11.4. The molecule has 0 saturated heterocycles. The molecule has 1 heterocycles. The molecule has 38 heavy (non-hydrogen) atoms. The van der Waals surface area contributed by atoms with Gasteiger partial charge in [0.1, 0.15) is 0 Å². The first-order chi connectivity index (χ1) is 18.0. The summed E-state index contributed by atoms with van der Waals surface area (Å²) >= 11 is 0. The summed E-state index contributed by atoms with van der Waals surface area (Å²) in [6, 6.07) is 14.1. The fourth-order valence-corrected chi connectivity index (χ4v) is 5.13. The molecule has 0 radical (unpaired) electrons. The summed E-state index contributed by atoms with van der Waals surface area (Å²) in [5.41, 5.74) is 2.28. The minimum Gasteiger partial charge on any atom is -0.386 e. The van der Waals surface area contributed by atoms with Crippen LogP contribution in [0.3, 0.4) is 0 Å². The van der Waals surface area contributed by atoms with Crippen LogP contribution in [0.15, 0.2) is 47.0 Å². The molecule has 7 nitrogen and oxygen atoms in total. The van der Waals surface area contributed by atoms with Crippen molar-refractivity contribution in [2.24, 2.45) is 0 Å². The average molecular weight is 520 g/mol. The van der Waals surface area contributed by atoms with Crippen LogP contribution >= 0.6 is 0 Å². The number of aromatic nitrogens is 1. The van der Waals surface area contributed by atoms with E-state index in [1.165, 1.54) is 37.7 Å². The minimum atomic E-state index is -1.23. The van der Waals surface area contributed by atoms with Crippen LogP contribution in [-0.4, -0.2) is 33.9 Å². The molecule has 3 aromatic rings. The Hall–Kier alpha value is -3.00. The van der Waals surface area contributed by atoms with Gasteiger partial charge in [-0.05, 0) is 75.8 Å². The molecular weight excluding hydrogens is 478 g/mol. The smallest absolute Gasteiger partial charge is 0.274 e. The third kappa shape index (κ3) is 6.34. The highest BCUT2D eigenvalue weighted by molar-refractivity contribution is 6.02. The number of hydrogen-bond acceptors (Lipinski definition) is 6. The molecule has 1 aliphatic rings. The number of benzene rings is 2. The van der Waals surface area contributed by atoms with Crippen LogP contribution in [0.2, 0.25) is 0 Å². The number of carbonyl (C=O) groups excluding carboxylic acids is 1. The molecule has 1 fully saturated rings. The van der Waals surface area contributed by atoms with Gasteiger partial charge >= 0.3 is 0 Å². The van der Waals surface area contributed by atoms with Crippen LogP contribution in [0.25, 0.3) is 22.5 Å². The molecule has 0 spiro atoms. The highest BCUT2D eigenvalue weighted by atomic mass is 16.5. The van der Waals surface area contributed by atoms with E-state index in [9.17, 15) is 15.0 Å². The lowest BCUT2D eigenvalue weighted by molar-refractivity contribution is 0.0720. The van der Waals surface area contributed by atoms with E-state index in [2.05, 4.69) is 27.9 Å². The largest absolute Gasteiger partial charge is 0.386 e. The number of aliphatic hydroxyl groups is 2. The Morgan fingerprint density at radius 2 is 1.68 bits per heavy atom. The zero-order valence-corrected chi connectivity index (χ0v) is 23.2. The van der Waals surface area contributed by atoms with Gasteiger partial charge in [0.25, 0.3) is 5.91 Å². The normalized spacial score (nSPS) is 15.0. The van der Waals surface area contributed by atoms with Crippen molar-refractivity contribution in [1.82, 2.24) is 15.8 Å². The maximum absolute atomic E-state index is 13.0. The van der Waals surface area contributed by atoms with Crippen LogP contribution in [0.5, 0.6) is 0 Å². The van der Waals surface area contributed by atoms with Crippen molar-refractivity contribution < 1.29 is 19.5 Å². The van der Waals surface area contributed by atoms with Gasteiger partial charge in [0.2, 0.25) is 0 Å². The molecule has 0 atom stereocenters. The number of rotatable bonds is 9. The Kier molecular flexibility index (Phi) is 8.40. The maximum Gasteiger partial charge on any atom is 0.274 e. The third-order valence-corrected chi connectivity index (χ3v) is 7.32. The molecule has 204 valence electrons. The average Bonchev–Trinajstić information content (AvgIpc) is 3.32. The monoisotopic (exact) mass is 519 g/mol. The van der Waals surface area contributed by atoms with Crippen molar-refractivity contribution in [2.75, 3.05) is 6.54 Å². The second kappa shape index (κ2) is 11.4. The molecule has 0 aliphatic heterocycles. The van der Waals surface area contributed by atoms with Gasteiger partial charge in [-0.2, -0.15) is 0 Å². The minimum absolute atomic E-state index is 0.197. The maximum atomic E-state index is 13.0. The summed E-state index contributed by atoms with van der Waals surface area (Å²) in [7, 11) is 0. The second-order valence-electron chi connectivity index (χ2n) is 11.4. The third-order valence-electron chi connectivity index (χ3n) is 7.32. The quantitative estimate of drug-likeness (QED) is 0.292. The fourth-order valence-electron chi connectivity index (χ4n) is 5.13. The predicted octanol–water partition coefficient (Wildman–Crippen LogP) is 5.64. The summed E-state index contributed by atoms with van der Waals surface area (Å²) in [6.07, 6.45) is 6.37. The molecule has 2 aromatic carbocycles. The SMILES string of the molecule is CCNC(=O)c1noc(-c2ccc(C(C)(C)O)cc2C(C)(C)O)c1-c1ccc(CNC2CCCCC2)cc1. The van der Waals surface area contributed by atoms with E-state index in [1.807, 2.05) is 31.2 Å². The number of hydrogen-bond donors (Lipinski definition) is 4. The van der Waals surface area contributed by atoms with E-state index in [1.54, 1.807) is 33.8 Å². The van der Waals surface area contributed by atoms with E-state index in [-0.39, 0.29) is 11.6 Å². The Labute approximate surface area is 225 Å². The molecule has 1 saturated carbocycles. The van der Waals surface area contributed by atoms with E-state index in [0.29, 0.717) is 40.6 Å². The van der Waals surface area contributed by atoms with Crippen LogP contribution in [0.1, 0.15) is 93.9 Å². The molecule has 4 N–H and O–H groups in total. The van der Waals surface area contributed by atoms with E-state index in [0.717, 1.165) is 12.1 Å². The molecule has 1 amide bonds. The Bertz CT molecular complexity index is 1240. The van der Waals surface area contributed by atoms with E-state index >= 15 is 0 Å². The van der Waals surface area contributed by atoms with Gasteiger partial charge in [0.15, 0.2) is 11.5 Å². The van der Waals surface area contributed by atoms with Crippen LogP contribution in [0, 0.1) is 0 Å². The molecular formula is C31H41N3O4. The summed E-state index contributed by atoms with van der Waals surface area (Å²) in [6.45, 7) is 9.90. The molecule has 1 aliphatic carbocycles. The van der Waals surface area contributed by atoms with Gasteiger partial charge in [0, 0.05) is 24.7 Å². The van der Waals surface area contributed by atoms with E-state index < -0.39 is 11.2 Å². The summed E-state index contributed by atoms with van der Waals surface area (Å²) < 4.78 is 5.83. The van der Waals surface area contributed by atoms with Crippen molar-refractivity contribution in [2.45, 2.75) is 90.5 Å². The first-order valence-corrected chi connectivity index (χ1v) is 13.7. The van der Waals surface area contributed by atoms with Gasteiger partial charge < -0.3 is 25.4 Å². The standard InChI is InChI=1S/C31H41N3O4/c1-6-32-29(35)27-26(21-14-12-20(13-15-21)19-33-23-10-8-7-9-11-23)28(38-34-27)24-17-16-22(30(2,3)36)18-25(24)31(4,5)37/h12-18,23,33,36-37H,6-11,19H2,1-5H3,(H,32,35). The van der Waals surface area contributed by atoms with Gasteiger partial charge in [-0.15, -0.1) is 0 Å². The summed E-state index contributed by atoms with van der Waals surface area (Å²) in [5, 5.41) is 32.3. The topological polar surface area (TPSA) is 108 Å². The first kappa shape index (κ1) is 28.0. The van der Waals surface area contributed by atoms with Crippen molar-refractivity contribution in [3.05, 3.63) is 64.8 Å². The highest BCUT2D eigenvalue weighted by Crippen LogP contribution is 2.41. The number of nitrogens with one attached hydrogen (secondary N) is 2. The first-order valence-electron chi connectivity index (χ1n) is 13.7. The zero-order chi connectivity index (χ0) is 27.5. The van der Waals surface area contributed by atoms with E-state index in [4.69, 9.17) is 4.52 Å². The number of carbonyl (C=O) groups is 1. The highest BCUT2D eigenvalue weighted by Gasteiger charge is 2.30. The van der Waals surface area contributed by atoms with Crippen LogP contribution in [0.4, 0.5) is 0 Å². The van der Waals surface area contributed by atoms with Crippen LogP contribution in [-0.2, 0) is 17.7 Å². The van der Waals surface area contributed by atoms with Crippen LogP contribution < -0.4 is 10.6 Å². The lowest BCUT2D eigenvalue weighted by atomic mass is 9.85. The number of nitrogens with zero attached hydrogens (tertiary/aromatic N) is 1. The summed E-state index contributed by atoms with van der Waals surface area (Å²) in [4.78, 5) is 13.0. The zero-order valence-electron chi connectivity index (χ0n) is 23.2. The Balaban J connectivity index is 1.75. The molecule has 4 rings (SSSR count). The van der Waals surface area contributed by atoms with Gasteiger partial charge in [-0.25, -0.2) is 0 Å². The molecule has 0 bridgehead atoms. The lowest BCUT2D eigenvalue weighted by Crippen LogP contribution is -2.30. The number of amides is 1.